The molecule has 8 nitrogen and oxygen atoms in total. The maximum atomic E-state index is 14.2. The minimum atomic E-state index is -0.213. The Balaban J connectivity index is 1.52. The third-order valence-electron chi connectivity index (χ3n) is 7.61. The summed E-state index contributed by atoms with van der Waals surface area (Å²) in [4.78, 5) is 27.2. The fourth-order valence-corrected chi connectivity index (χ4v) is 5.33. The van der Waals surface area contributed by atoms with Gasteiger partial charge in [0.25, 0.3) is 11.5 Å². The Morgan fingerprint density at radius 3 is 2.51 bits per heavy atom. The first kappa shape index (κ1) is 22.0. The van der Waals surface area contributed by atoms with Crippen LogP contribution in [0.2, 0.25) is 0 Å². The highest BCUT2D eigenvalue weighted by molar-refractivity contribution is 6.08. The molecular formula is C29H28N6O2. The number of aryl methyl sites for hydroxylation is 1. The average molecular weight is 493 g/mol. The Morgan fingerprint density at radius 1 is 1.03 bits per heavy atom. The van der Waals surface area contributed by atoms with Gasteiger partial charge in [0.15, 0.2) is 0 Å². The van der Waals surface area contributed by atoms with Gasteiger partial charge in [-0.15, -0.1) is 0 Å². The second-order valence-electron chi connectivity index (χ2n) is 10.4. The Morgan fingerprint density at radius 2 is 1.81 bits per heavy atom. The number of benzene rings is 2. The molecule has 5 aromatic rings. The predicted octanol–water partition coefficient (Wildman–Crippen LogP) is 4.39. The van der Waals surface area contributed by atoms with E-state index in [4.69, 9.17) is 5.10 Å². The quantitative estimate of drug-likeness (QED) is 0.381. The van der Waals surface area contributed by atoms with Crippen LogP contribution in [0.5, 0.6) is 0 Å². The van der Waals surface area contributed by atoms with Gasteiger partial charge in [0, 0.05) is 38.4 Å². The molecule has 3 heterocycles. The molecule has 0 saturated heterocycles. The van der Waals surface area contributed by atoms with Gasteiger partial charge >= 0.3 is 0 Å². The first-order valence-electron chi connectivity index (χ1n) is 12.9. The van der Waals surface area contributed by atoms with Crippen LogP contribution in [0, 0.1) is 5.92 Å². The van der Waals surface area contributed by atoms with Gasteiger partial charge in [-0.2, -0.15) is 14.9 Å². The van der Waals surface area contributed by atoms with Crippen molar-refractivity contribution in [2.75, 3.05) is 7.05 Å². The molecule has 186 valence electrons. The van der Waals surface area contributed by atoms with Crippen molar-refractivity contribution in [3.05, 3.63) is 76.3 Å². The van der Waals surface area contributed by atoms with E-state index in [-0.39, 0.29) is 11.5 Å². The molecule has 2 aliphatic carbocycles. The third-order valence-corrected chi connectivity index (χ3v) is 7.61. The number of amides is 1. The first-order chi connectivity index (χ1) is 18.0. The number of aromatic nitrogens is 5. The van der Waals surface area contributed by atoms with E-state index < -0.39 is 0 Å². The van der Waals surface area contributed by atoms with Crippen molar-refractivity contribution in [2.24, 2.45) is 13.0 Å². The maximum Gasteiger partial charge on any atom is 0.281 e. The zero-order chi connectivity index (χ0) is 25.3. The molecule has 3 aromatic heterocycles. The van der Waals surface area contributed by atoms with Crippen molar-refractivity contribution in [1.82, 2.24) is 29.4 Å². The largest absolute Gasteiger partial charge is 0.355 e. The number of carbonyl (C=O) groups is 1. The van der Waals surface area contributed by atoms with Crippen LogP contribution in [0.4, 0.5) is 0 Å². The summed E-state index contributed by atoms with van der Waals surface area (Å²) in [5, 5.41) is 12.9. The summed E-state index contributed by atoms with van der Waals surface area (Å²) in [6.45, 7) is 0.771. The van der Waals surface area contributed by atoms with Gasteiger partial charge in [-0.1, -0.05) is 24.3 Å². The van der Waals surface area contributed by atoms with Crippen LogP contribution in [0.3, 0.4) is 0 Å². The zero-order valence-electron chi connectivity index (χ0n) is 20.9. The van der Waals surface area contributed by atoms with E-state index in [1.165, 1.54) is 23.1 Å². The van der Waals surface area contributed by atoms with E-state index in [1.54, 1.807) is 11.7 Å². The minimum Gasteiger partial charge on any atom is -0.355 e. The lowest BCUT2D eigenvalue weighted by molar-refractivity contribution is 0.0964. The van der Waals surface area contributed by atoms with Crippen LogP contribution in [0.15, 0.2) is 59.7 Å². The fraction of sp³-hybridized carbons (Fsp3) is 0.310. The van der Waals surface area contributed by atoms with Crippen LogP contribution in [-0.4, -0.2) is 37.1 Å². The maximum absolute atomic E-state index is 14.2. The lowest BCUT2D eigenvalue weighted by Gasteiger charge is -2.13. The lowest BCUT2D eigenvalue weighted by atomic mass is 10.0. The molecule has 2 aromatic carbocycles. The van der Waals surface area contributed by atoms with E-state index in [9.17, 15) is 9.59 Å². The first-order valence-corrected chi connectivity index (χ1v) is 12.9. The SMILES string of the molecule is CNC(=O)c1cn(CC2CC2)c2c(-c3ccc(C4CC4)cc3)c(=O)n(-c3ccc4nn(C)cc4c3)nc12. The van der Waals surface area contributed by atoms with Crippen LogP contribution in [0.25, 0.3) is 38.8 Å². The summed E-state index contributed by atoms with van der Waals surface area (Å²) in [6.07, 6.45) is 8.56. The van der Waals surface area contributed by atoms with Gasteiger partial charge in [-0.3, -0.25) is 14.3 Å². The third kappa shape index (κ3) is 3.75. The van der Waals surface area contributed by atoms with Crippen molar-refractivity contribution in [1.29, 1.82) is 0 Å². The molecule has 37 heavy (non-hydrogen) atoms. The van der Waals surface area contributed by atoms with Gasteiger partial charge in [-0.05, 0) is 66.8 Å². The number of carbonyl (C=O) groups excluding carboxylic acids is 1. The van der Waals surface area contributed by atoms with Crippen LogP contribution >= 0.6 is 0 Å². The van der Waals surface area contributed by atoms with Crippen molar-refractivity contribution in [2.45, 2.75) is 38.1 Å². The highest BCUT2D eigenvalue weighted by Crippen LogP contribution is 2.41. The summed E-state index contributed by atoms with van der Waals surface area (Å²) in [5.41, 5.74) is 5.76. The molecule has 0 spiro atoms. The fourth-order valence-electron chi connectivity index (χ4n) is 5.33. The molecule has 0 atom stereocenters. The van der Waals surface area contributed by atoms with E-state index in [0.717, 1.165) is 41.4 Å². The summed E-state index contributed by atoms with van der Waals surface area (Å²) in [7, 11) is 3.49. The van der Waals surface area contributed by atoms with Gasteiger partial charge in [0.2, 0.25) is 0 Å². The molecule has 2 aliphatic rings. The monoisotopic (exact) mass is 492 g/mol. The van der Waals surface area contributed by atoms with E-state index in [0.29, 0.717) is 34.2 Å². The molecule has 2 saturated carbocycles. The number of hydrogen-bond donors (Lipinski definition) is 1. The summed E-state index contributed by atoms with van der Waals surface area (Å²) in [6, 6.07) is 14.0. The lowest BCUT2D eigenvalue weighted by Crippen LogP contribution is -2.24. The molecule has 8 heteroatoms. The smallest absolute Gasteiger partial charge is 0.281 e. The standard InChI is InChI=1S/C29H28N6O2/c1-30-28(36)23-16-34(14-17-3-4-17)27-25(20-9-7-19(8-10-20)18-5-6-18)29(37)35(32-26(23)27)22-11-12-24-21(13-22)15-33(2)31-24/h7-13,15-18H,3-6,14H2,1-2H3,(H,30,36). The number of rotatable bonds is 6. The van der Waals surface area contributed by atoms with E-state index in [1.807, 2.05) is 49.8 Å². The Hall–Kier alpha value is -4.20. The number of fused-ring (bicyclic) bond motifs is 2. The molecule has 1 N–H and O–H groups in total. The molecule has 7 rings (SSSR count). The predicted molar refractivity (Wildman–Crippen MR) is 143 cm³/mol. The number of hydrogen-bond acceptors (Lipinski definition) is 4. The molecule has 2 fully saturated rings. The summed E-state index contributed by atoms with van der Waals surface area (Å²) >= 11 is 0. The van der Waals surface area contributed by atoms with Gasteiger partial charge in [0.1, 0.15) is 5.52 Å². The Kier molecular flexibility index (Phi) is 4.86. The van der Waals surface area contributed by atoms with E-state index >= 15 is 0 Å². The molecule has 0 radical (unpaired) electrons. The Labute approximate surface area is 213 Å². The summed E-state index contributed by atoms with van der Waals surface area (Å²) < 4.78 is 5.26. The minimum absolute atomic E-state index is 0.200. The number of nitrogens with zero attached hydrogens (tertiary/aromatic N) is 5. The molecule has 0 unspecified atom stereocenters. The molecular weight excluding hydrogens is 464 g/mol. The zero-order valence-corrected chi connectivity index (χ0v) is 20.9. The Bertz CT molecular complexity index is 1750. The van der Waals surface area contributed by atoms with Gasteiger partial charge in [-0.25, -0.2) is 0 Å². The second kappa shape index (κ2) is 8.16. The van der Waals surface area contributed by atoms with Gasteiger partial charge in [0.05, 0.1) is 27.8 Å². The molecule has 0 aliphatic heterocycles. The second-order valence-corrected chi connectivity index (χ2v) is 10.4. The summed E-state index contributed by atoms with van der Waals surface area (Å²) in [5.74, 6) is 0.983. The number of nitrogens with one attached hydrogen (secondary N) is 1. The van der Waals surface area contributed by atoms with Crippen molar-refractivity contribution in [3.63, 3.8) is 0 Å². The topological polar surface area (TPSA) is 86.7 Å². The highest BCUT2D eigenvalue weighted by Gasteiger charge is 2.28. The molecule has 0 bridgehead atoms. The van der Waals surface area contributed by atoms with Crippen LogP contribution < -0.4 is 10.9 Å². The van der Waals surface area contributed by atoms with Crippen molar-refractivity contribution >= 4 is 27.8 Å². The molecule has 1 amide bonds. The van der Waals surface area contributed by atoms with Gasteiger partial charge < -0.3 is 9.88 Å². The normalized spacial score (nSPS) is 15.5. The van der Waals surface area contributed by atoms with Crippen LogP contribution in [0.1, 0.15) is 47.5 Å². The van der Waals surface area contributed by atoms with Crippen molar-refractivity contribution in [3.8, 4) is 16.8 Å². The van der Waals surface area contributed by atoms with E-state index in [2.05, 4.69) is 27.1 Å². The van der Waals surface area contributed by atoms with Crippen LogP contribution in [-0.2, 0) is 13.6 Å². The average Bonchev–Trinajstić information content (AvgIpc) is 3.83. The van der Waals surface area contributed by atoms with Crippen molar-refractivity contribution < 1.29 is 4.79 Å². The highest BCUT2D eigenvalue weighted by atomic mass is 16.1.